The molecule has 0 bridgehead atoms. The van der Waals surface area contributed by atoms with Crippen molar-refractivity contribution in [2.24, 2.45) is 0 Å². The van der Waals surface area contributed by atoms with Crippen molar-refractivity contribution in [2.45, 2.75) is 0 Å². The fraction of sp³-hybridized carbons (Fsp3) is 0. The van der Waals surface area contributed by atoms with Crippen LogP contribution in [0, 0.1) is 0 Å². The number of nitrogens with zero attached hydrogens (tertiary/aromatic N) is 2. The number of hydrogen-bond acceptors (Lipinski definition) is 3. The normalized spacial score (nSPS) is 11.0. The van der Waals surface area contributed by atoms with Crippen molar-refractivity contribution in [3.63, 3.8) is 0 Å². The number of aromatic amines is 1. The molecular formula is C21H17N5O. The van der Waals surface area contributed by atoms with E-state index >= 15 is 0 Å². The molecular weight excluding hydrogens is 338 g/mol. The molecule has 4 rings (SSSR count). The summed E-state index contributed by atoms with van der Waals surface area (Å²) < 4.78 is 0. The van der Waals surface area contributed by atoms with Crippen LogP contribution < -0.4 is 10.6 Å². The van der Waals surface area contributed by atoms with Crippen LogP contribution in [-0.4, -0.2) is 21.2 Å². The van der Waals surface area contributed by atoms with Gasteiger partial charge in [-0.05, 0) is 42.0 Å². The van der Waals surface area contributed by atoms with Gasteiger partial charge in [-0.1, -0.05) is 36.4 Å². The third-order valence-corrected chi connectivity index (χ3v) is 4.00. The van der Waals surface area contributed by atoms with Crippen LogP contribution in [0.2, 0.25) is 0 Å². The summed E-state index contributed by atoms with van der Waals surface area (Å²) in [4.78, 5) is 16.1. The molecule has 2 aromatic heterocycles. The summed E-state index contributed by atoms with van der Waals surface area (Å²) in [6.45, 7) is 0. The van der Waals surface area contributed by atoms with E-state index in [1.165, 1.54) is 0 Å². The van der Waals surface area contributed by atoms with Gasteiger partial charge in [-0.3, -0.25) is 10.1 Å². The Morgan fingerprint density at radius 3 is 2.59 bits per heavy atom. The lowest BCUT2D eigenvalue weighted by atomic mass is 10.1. The number of fused-ring (bicyclic) bond motifs is 1. The smallest absolute Gasteiger partial charge is 0.308 e. The molecule has 27 heavy (non-hydrogen) atoms. The number of hydrogen-bond donors (Lipinski definition) is 3. The van der Waals surface area contributed by atoms with E-state index in [0.29, 0.717) is 11.4 Å². The molecule has 132 valence electrons. The summed E-state index contributed by atoms with van der Waals surface area (Å²) in [7, 11) is 0. The Morgan fingerprint density at radius 2 is 1.78 bits per heavy atom. The number of nitrogens with one attached hydrogen (secondary N) is 3. The van der Waals surface area contributed by atoms with E-state index in [0.717, 1.165) is 22.2 Å². The average Bonchev–Trinajstić information content (AvgIpc) is 3.10. The maximum Gasteiger partial charge on any atom is 0.323 e. The van der Waals surface area contributed by atoms with Crippen molar-refractivity contribution in [1.29, 1.82) is 0 Å². The van der Waals surface area contributed by atoms with E-state index in [4.69, 9.17) is 0 Å². The molecule has 0 radical (unpaired) electrons. The zero-order valence-corrected chi connectivity index (χ0v) is 14.4. The first-order chi connectivity index (χ1) is 13.3. The van der Waals surface area contributed by atoms with Gasteiger partial charge in [0.25, 0.3) is 0 Å². The minimum atomic E-state index is -0.328. The maximum absolute atomic E-state index is 12.1. The van der Waals surface area contributed by atoms with Gasteiger partial charge in [0, 0.05) is 17.3 Å². The van der Waals surface area contributed by atoms with Crippen molar-refractivity contribution >= 4 is 40.5 Å². The summed E-state index contributed by atoms with van der Waals surface area (Å²) in [5.41, 5.74) is 4.11. The summed E-state index contributed by atoms with van der Waals surface area (Å²) in [6.07, 6.45) is 7.22. The van der Waals surface area contributed by atoms with Gasteiger partial charge in [-0.2, -0.15) is 5.10 Å². The van der Waals surface area contributed by atoms with E-state index in [2.05, 4.69) is 25.8 Å². The molecule has 0 aliphatic rings. The average molecular weight is 355 g/mol. The second-order valence-corrected chi connectivity index (χ2v) is 5.93. The summed E-state index contributed by atoms with van der Waals surface area (Å²) >= 11 is 0. The highest BCUT2D eigenvalue weighted by molar-refractivity contribution is 6.01. The van der Waals surface area contributed by atoms with Crippen LogP contribution in [0.15, 0.2) is 73.1 Å². The van der Waals surface area contributed by atoms with Gasteiger partial charge in [-0.25, -0.2) is 4.79 Å². The van der Waals surface area contributed by atoms with Gasteiger partial charge >= 0.3 is 6.03 Å². The minimum absolute atomic E-state index is 0.328. The lowest BCUT2D eigenvalue weighted by molar-refractivity contribution is 0.262. The Bertz CT molecular complexity index is 1090. The van der Waals surface area contributed by atoms with Crippen LogP contribution in [0.4, 0.5) is 16.2 Å². The molecule has 0 fully saturated rings. The maximum atomic E-state index is 12.1. The zero-order chi connectivity index (χ0) is 18.5. The van der Waals surface area contributed by atoms with E-state index < -0.39 is 0 Å². The monoisotopic (exact) mass is 355 g/mol. The highest BCUT2D eigenvalue weighted by Gasteiger charge is 2.07. The highest BCUT2D eigenvalue weighted by atomic mass is 16.2. The largest absolute Gasteiger partial charge is 0.323 e. The molecule has 2 aromatic carbocycles. The third kappa shape index (κ3) is 4.01. The molecule has 0 aliphatic carbocycles. The molecule has 0 atom stereocenters. The summed E-state index contributed by atoms with van der Waals surface area (Å²) in [6, 6.07) is 18.9. The molecule has 3 N–H and O–H groups in total. The Balaban J connectivity index is 1.48. The van der Waals surface area contributed by atoms with Crippen molar-refractivity contribution in [1.82, 2.24) is 15.2 Å². The van der Waals surface area contributed by atoms with Gasteiger partial charge in [0.05, 0.1) is 23.1 Å². The molecule has 0 aliphatic heterocycles. The standard InChI is InChI=1S/C21H17N5O/c27-21(24-17-7-4-12-22-14-17)23-16-9-10-18-19(25-26-20(18)13-16)11-8-15-5-2-1-3-6-15/h1-14H,(H,25,26)(H2,23,24,27)/b11-8+. The number of carbonyl (C=O) groups is 1. The van der Waals surface area contributed by atoms with Crippen LogP contribution in [0.1, 0.15) is 11.3 Å². The molecule has 2 heterocycles. The number of amides is 2. The zero-order valence-electron chi connectivity index (χ0n) is 14.4. The molecule has 6 heteroatoms. The highest BCUT2D eigenvalue weighted by Crippen LogP contribution is 2.22. The SMILES string of the molecule is O=C(Nc1cccnc1)Nc1ccc2c(/C=C/c3ccccc3)n[nH]c2c1. The first-order valence-corrected chi connectivity index (χ1v) is 8.47. The van der Waals surface area contributed by atoms with Crippen LogP contribution in [-0.2, 0) is 0 Å². The number of H-pyrrole nitrogens is 1. The van der Waals surface area contributed by atoms with Crippen LogP contribution in [0.25, 0.3) is 23.1 Å². The second-order valence-electron chi connectivity index (χ2n) is 5.93. The quantitative estimate of drug-likeness (QED) is 0.493. The Labute approximate surface area is 156 Å². The molecule has 0 saturated heterocycles. The number of carbonyl (C=O) groups excluding carboxylic acids is 1. The molecule has 0 spiro atoms. The number of pyridine rings is 1. The second kappa shape index (κ2) is 7.53. The Hall–Kier alpha value is -3.93. The number of rotatable bonds is 4. The molecule has 6 nitrogen and oxygen atoms in total. The van der Waals surface area contributed by atoms with Crippen molar-refractivity contribution in [2.75, 3.05) is 10.6 Å². The fourth-order valence-electron chi connectivity index (χ4n) is 2.72. The predicted octanol–water partition coefficient (Wildman–Crippen LogP) is 4.77. The van der Waals surface area contributed by atoms with Gasteiger partial charge in [0.15, 0.2) is 0 Å². The fourth-order valence-corrected chi connectivity index (χ4v) is 2.72. The van der Waals surface area contributed by atoms with E-state index in [-0.39, 0.29) is 6.03 Å². The number of urea groups is 1. The van der Waals surface area contributed by atoms with Gasteiger partial charge in [-0.15, -0.1) is 0 Å². The third-order valence-electron chi connectivity index (χ3n) is 4.00. The molecule has 0 unspecified atom stereocenters. The number of benzene rings is 2. The first-order valence-electron chi connectivity index (χ1n) is 8.47. The van der Waals surface area contributed by atoms with Gasteiger partial charge in [0.2, 0.25) is 0 Å². The first kappa shape index (κ1) is 16.5. The lowest BCUT2D eigenvalue weighted by Gasteiger charge is -2.07. The summed E-state index contributed by atoms with van der Waals surface area (Å²) in [5, 5.41) is 13.9. The predicted molar refractivity (Wildman–Crippen MR) is 108 cm³/mol. The Kier molecular flexibility index (Phi) is 4.61. The van der Waals surface area contributed by atoms with E-state index in [1.54, 1.807) is 24.5 Å². The van der Waals surface area contributed by atoms with Crippen molar-refractivity contribution in [3.05, 3.63) is 84.3 Å². The number of anilines is 2. The Morgan fingerprint density at radius 1 is 0.926 bits per heavy atom. The van der Waals surface area contributed by atoms with Crippen LogP contribution in [0.3, 0.4) is 0 Å². The van der Waals surface area contributed by atoms with Crippen LogP contribution >= 0.6 is 0 Å². The molecule has 4 aromatic rings. The van der Waals surface area contributed by atoms with Crippen LogP contribution in [0.5, 0.6) is 0 Å². The van der Waals surface area contributed by atoms with E-state index in [9.17, 15) is 4.79 Å². The molecule has 2 amide bonds. The topological polar surface area (TPSA) is 82.7 Å². The van der Waals surface area contributed by atoms with Crippen molar-refractivity contribution < 1.29 is 4.79 Å². The minimum Gasteiger partial charge on any atom is -0.308 e. The summed E-state index contributed by atoms with van der Waals surface area (Å²) in [5.74, 6) is 0. The van der Waals surface area contributed by atoms with Gasteiger partial charge < -0.3 is 10.6 Å². The van der Waals surface area contributed by atoms with Gasteiger partial charge in [0.1, 0.15) is 0 Å². The number of aromatic nitrogens is 3. The lowest BCUT2D eigenvalue weighted by Crippen LogP contribution is -2.19. The molecule has 0 saturated carbocycles. The van der Waals surface area contributed by atoms with E-state index in [1.807, 2.05) is 60.7 Å². The van der Waals surface area contributed by atoms with Crippen molar-refractivity contribution in [3.8, 4) is 0 Å².